The first-order chi connectivity index (χ1) is 13.7. The van der Waals surface area contributed by atoms with E-state index >= 15 is 0 Å². The van der Waals surface area contributed by atoms with Gasteiger partial charge in [0.05, 0.1) is 11.6 Å². The summed E-state index contributed by atoms with van der Waals surface area (Å²) in [7, 11) is 1.78. The lowest BCUT2D eigenvalue weighted by Crippen LogP contribution is -2.53. The van der Waals surface area contributed by atoms with Gasteiger partial charge in [0.25, 0.3) is 0 Å². The van der Waals surface area contributed by atoms with Crippen LogP contribution in [0.25, 0.3) is 0 Å². The molecule has 1 saturated carbocycles. The van der Waals surface area contributed by atoms with Crippen LogP contribution in [0.5, 0.6) is 5.88 Å². The van der Waals surface area contributed by atoms with E-state index in [1.807, 2.05) is 35.2 Å². The third-order valence-corrected chi connectivity index (χ3v) is 6.16. The largest absolute Gasteiger partial charge is 0.474 e. The van der Waals surface area contributed by atoms with Crippen molar-refractivity contribution < 1.29 is 14.3 Å². The molecule has 148 valence electrons. The maximum Gasteiger partial charge on any atom is 0.223 e. The minimum Gasteiger partial charge on any atom is -0.474 e. The molecule has 2 fully saturated rings. The summed E-state index contributed by atoms with van der Waals surface area (Å²) in [6, 6.07) is 9.68. The minimum atomic E-state index is -0.240. The molecule has 6 nitrogen and oxygen atoms in total. The zero-order chi connectivity index (χ0) is 19.4. The van der Waals surface area contributed by atoms with Crippen LogP contribution in [0.15, 0.2) is 48.9 Å². The molecular formula is C22H27N3O3. The monoisotopic (exact) mass is 381 g/mol. The number of likely N-dealkylation sites (tertiary alicyclic amines) is 1. The molecule has 2 unspecified atom stereocenters. The summed E-state index contributed by atoms with van der Waals surface area (Å²) < 4.78 is 12.1. The van der Waals surface area contributed by atoms with Crippen molar-refractivity contribution in [1.82, 2.24) is 14.9 Å². The fourth-order valence-corrected chi connectivity index (χ4v) is 4.60. The molecule has 0 bridgehead atoms. The molecule has 0 spiro atoms. The lowest BCUT2D eigenvalue weighted by atomic mass is 9.79. The number of rotatable bonds is 6. The third-order valence-electron chi connectivity index (χ3n) is 6.16. The Morgan fingerprint density at radius 1 is 1.21 bits per heavy atom. The summed E-state index contributed by atoms with van der Waals surface area (Å²) in [5.41, 5.74) is 0.900. The van der Waals surface area contributed by atoms with Crippen LogP contribution in [0.2, 0.25) is 0 Å². The van der Waals surface area contributed by atoms with Gasteiger partial charge in [-0.25, -0.2) is 4.98 Å². The van der Waals surface area contributed by atoms with Crippen molar-refractivity contribution in [3.63, 3.8) is 0 Å². The van der Waals surface area contributed by atoms with E-state index in [0.717, 1.165) is 44.2 Å². The van der Waals surface area contributed by atoms with Crippen molar-refractivity contribution in [3.05, 3.63) is 54.5 Å². The number of carbonyl (C=O) groups is 1. The van der Waals surface area contributed by atoms with Crippen molar-refractivity contribution in [2.24, 2.45) is 0 Å². The summed E-state index contributed by atoms with van der Waals surface area (Å²) in [4.78, 5) is 23.3. The molecule has 0 radical (unpaired) electrons. The van der Waals surface area contributed by atoms with Gasteiger partial charge in [-0.15, -0.1) is 0 Å². The van der Waals surface area contributed by atoms with Gasteiger partial charge < -0.3 is 14.4 Å². The van der Waals surface area contributed by atoms with Gasteiger partial charge in [0, 0.05) is 51.2 Å². The van der Waals surface area contributed by atoms with Crippen LogP contribution in [0, 0.1) is 0 Å². The topological polar surface area (TPSA) is 64.6 Å². The number of aryl methyl sites for hydroxylation is 1. The fraction of sp³-hybridized carbons (Fsp3) is 0.500. The number of hydrogen-bond acceptors (Lipinski definition) is 5. The molecular weight excluding hydrogens is 354 g/mol. The molecule has 0 N–H and O–H groups in total. The zero-order valence-corrected chi connectivity index (χ0v) is 16.3. The molecule has 6 heteroatoms. The Balaban J connectivity index is 1.42. The molecule has 1 aliphatic heterocycles. The first kappa shape index (κ1) is 18.9. The minimum absolute atomic E-state index is 0.0526. The highest BCUT2D eigenvalue weighted by atomic mass is 16.5. The SMILES string of the molecule is CO[C@@]12CCC(Oc3ccccn3)CC1N(C(=O)CCc1ccncc1)CC2. The molecule has 28 heavy (non-hydrogen) atoms. The van der Waals surface area contributed by atoms with Crippen LogP contribution in [0.3, 0.4) is 0 Å². The van der Waals surface area contributed by atoms with Gasteiger partial charge in [-0.1, -0.05) is 6.07 Å². The first-order valence-electron chi connectivity index (χ1n) is 10.0. The van der Waals surface area contributed by atoms with E-state index in [0.29, 0.717) is 12.3 Å². The number of ether oxygens (including phenoxy) is 2. The van der Waals surface area contributed by atoms with Crippen LogP contribution in [0.4, 0.5) is 0 Å². The summed E-state index contributed by atoms with van der Waals surface area (Å²) in [5, 5.41) is 0. The first-order valence-corrected chi connectivity index (χ1v) is 10.0. The zero-order valence-electron chi connectivity index (χ0n) is 16.3. The van der Waals surface area contributed by atoms with E-state index in [2.05, 4.69) is 9.97 Å². The van der Waals surface area contributed by atoms with E-state index in [4.69, 9.17) is 9.47 Å². The van der Waals surface area contributed by atoms with Crippen LogP contribution in [-0.4, -0.2) is 52.2 Å². The Bertz CT molecular complexity index is 786. The average molecular weight is 381 g/mol. The van der Waals surface area contributed by atoms with Gasteiger partial charge in [-0.3, -0.25) is 9.78 Å². The molecule has 2 aromatic rings. The molecule has 2 aliphatic rings. The lowest BCUT2D eigenvalue weighted by molar-refractivity contribution is -0.139. The quantitative estimate of drug-likeness (QED) is 0.770. The maximum absolute atomic E-state index is 13.0. The van der Waals surface area contributed by atoms with E-state index in [1.165, 1.54) is 0 Å². The van der Waals surface area contributed by atoms with Gasteiger partial charge in [-0.05, 0) is 49.4 Å². The lowest BCUT2D eigenvalue weighted by Gasteiger charge is -2.43. The predicted octanol–water partition coefficient (Wildman–Crippen LogP) is 3.03. The maximum atomic E-state index is 13.0. The van der Waals surface area contributed by atoms with Gasteiger partial charge in [0.1, 0.15) is 6.10 Å². The third kappa shape index (κ3) is 3.87. The molecule has 1 aliphatic carbocycles. The van der Waals surface area contributed by atoms with Gasteiger partial charge in [-0.2, -0.15) is 0 Å². The van der Waals surface area contributed by atoms with Crippen molar-refractivity contribution in [1.29, 1.82) is 0 Å². The molecule has 4 rings (SSSR count). The highest BCUT2D eigenvalue weighted by Crippen LogP contribution is 2.43. The van der Waals surface area contributed by atoms with Crippen LogP contribution >= 0.6 is 0 Å². The summed E-state index contributed by atoms with van der Waals surface area (Å²) >= 11 is 0. The number of fused-ring (bicyclic) bond motifs is 1. The number of carbonyl (C=O) groups excluding carboxylic acids is 1. The smallest absolute Gasteiger partial charge is 0.223 e. The number of methoxy groups -OCH3 is 1. The highest BCUT2D eigenvalue weighted by Gasteiger charge is 2.52. The van der Waals surface area contributed by atoms with Crippen LogP contribution < -0.4 is 4.74 Å². The predicted molar refractivity (Wildman–Crippen MR) is 105 cm³/mol. The highest BCUT2D eigenvalue weighted by molar-refractivity contribution is 5.77. The number of hydrogen-bond donors (Lipinski definition) is 0. The summed E-state index contributed by atoms with van der Waals surface area (Å²) in [5.74, 6) is 0.838. The molecule has 2 aromatic heterocycles. The van der Waals surface area contributed by atoms with Crippen molar-refractivity contribution in [2.75, 3.05) is 13.7 Å². The van der Waals surface area contributed by atoms with Gasteiger partial charge in [0.15, 0.2) is 0 Å². The second-order valence-electron chi connectivity index (χ2n) is 7.66. The normalized spacial score (nSPS) is 26.7. The van der Waals surface area contributed by atoms with E-state index in [-0.39, 0.29) is 23.7 Å². The van der Waals surface area contributed by atoms with Crippen LogP contribution in [0.1, 0.15) is 37.7 Å². The Labute approximate surface area is 165 Å². The Morgan fingerprint density at radius 3 is 2.82 bits per heavy atom. The number of nitrogens with zero attached hydrogens (tertiary/aromatic N) is 3. The summed E-state index contributed by atoms with van der Waals surface area (Å²) in [6.45, 7) is 0.754. The Kier molecular flexibility index (Phi) is 5.57. The Morgan fingerprint density at radius 2 is 2.07 bits per heavy atom. The fourth-order valence-electron chi connectivity index (χ4n) is 4.60. The second kappa shape index (κ2) is 8.27. The van der Waals surface area contributed by atoms with Crippen LogP contribution in [-0.2, 0) is 16.0 Å². The molecule has 3 atom stereocenters. The van der Waals surface area contributed by atoms with E-state index in [1.54, 1.807) is 25.7 Å². The Hall–Kier alpha value is -2.47. The standard InChI is InChI=1S/C22H27N3O3/c1-27-22-10-7-18(28-20-4-2-3-12-24-20)16-19(22)25(15-11-22)21(26)6-5-17-8-13-23-14-9-17/h2-4,8-9,12-14,18-19H,5-7,10-11,15-16H2,1H3/t18?,19?,22-/m1/s1. The molecule has 1 amide bonds. The molecule has 3 heterocycles. The van der Waals surface area contributed by atoms with Crippen molar-refractivity contribution in [2.45, 2.75) is 56.3 Å². The van der Waals surface area contributed by atoms with E-state index < -0.39 is 0 Å². The molecule has 0 aromatic carbocycles. The van der Waals surface area contributed by atoms with Crippen molar-refractivity contribution in [3.8, 4) is 5.88 Å². The number of pyridine rings is 2. The van der Waals surface area contributed by atoms with Crippen molar-refractivity contribution >= 4 is 5.91 Å². The van der Waals surface area contributed by atoms with Gasteiger partial charge >= 0.3 is 0 Å². The number of amides is 1. The van der Waals surface area contributed by atoms with E-state index in [9.17, 15) is 4.79 Å². The van der Waals surface area contributed by atoms with Gasteiger partial charge in [0.2, 0.25) is 11.8 Å². The average Bonchev–Trinajstić information content (AvgIpc) is 3.13. The number of aromatic nitrogens is 2. The second-order valence-corrected chi connectivity index (χ2v) is 7.66. The molecule has 1 saturated heterocycles. The summed E-state index contributed by atoms with van der Waals surface area (Å²) in [6.07, 6.45) is 10.1.